The van der Waals surface area contributed by atoms with E-state index < -0.39 is 29.8 Å². The second-order valence-corrected chi connectivity index (χ2v) is 8.16. The zero-order chi connectivity index (χ0) is 21.5. The molecule has 2 fully saturated rings. The molecule has 0 unspecified atom stereocenters. The van der Waals surface area contributed by atoms with E-state index in [1.165, 1.54) is 15.8 Å². The maximum atomic E-state index is 13.1. The molecule has 9 heteroatoms. The van der Waals surface area contributed by atoms with Crippen LogP contribution in [0.3, 0.4) is 0 Å². The zero-order valence-corrected chi connectivity index (χ0v) is 16.5. The Morgan fingerprint density at radius 2 is 1.84 bits per heavy atom. The van der Waals surface area contributed by atoms with E-state index in [9.17, 15) is 19.6 Å². The summed E-state index contributed by atoms with van der Waals surface area (Å²) in [5.74, 6) is -0.878. The highest BCUT2D eigenvalue weighted by atomic mass is 16.6. The lowest BCUT2D eigenvalue weighted by atomic mass is 9.88. The number of hydroxylamine groups is 2. The minimum atomic E-state index is -1.29. The molecule has 1 aromatic heterocycles. The summed E-state index contributed by atoms with van der Waals surface area (Å²) < 4.78 is 7.21. The second kappa shape index (κ2) is 5.99. The number of para-hydroxylation sites is 2. The zero-order valence-electron chi connectivity index (χ0n) is 16.5. The summed E-state index contributed by atoms with van der Waals surface area (Å²) in [5.41, 5.74) is 0.136. The summed E-state index contributed by atoms with van der Waals surface area (Å²) in [6, 6.07) is 12.4. The van der Waals surface area contributed by atoms with Crippen molar-refractivity contribution in [2.45, 2.75) is 37.2 Å². The van der Waals surface area contributed by atoms with Crippen LogP contribution in [0.1, 0.15) is 24.9 Å². The molecule has 9 nitrogen and oxygen atoms in total. The third kappa shape index (κ3) is 2.16. The van der Waals surface area contributed by atoms with Crippen LogP contribution in [0, 0.1) is 0 Å². The van der Waals surface area contributed by atoms with Gasteiger partial charge in [0.05, 0.1) is 22.9 Å². The predicted octanol–water partition coefficient (Wildman–Crippen LogP) is 1.55. The number of aromatic nitrogens is 2. The fraction of sp³-hybridized carbons (Fsp3) is 0.273. The number of benzene rings is 2. The van der Waals surface area contributed by atoms with Crippen molar-refractivity contribution in [3.8, 4) is 0 Å². The standard InChI is InChI=1S/C22H18N4O5/c1-12-18(27)25-16-9-5-3-7-14(16)22(21(25)26(12)30)10-17(20(29)31-22)24-11-23-15-8-4-2-6-13(15)19(24)28/h2-9,11-12,17,21,30H,10H2,1H3/t12-,17+,21-,22-/m0/s1. The lowest BCUT2D eigenvalue weighted by Gasteiger charge is -2.33. The Labute approximate surface area is 176 Å². The highest BCUT2D eigenvalue weighted by Crippen LogP contribution is 2.56. The minimum Gasteiger partial charge on any atom is -0.449 e. The third-order valence-electron chi connectivity index (χ3n) is 6.60. The Bertz CT molecular complexity index is 1340. The Balaban J connectivity index is 1.51. The Kier molecular flexibility index (Phi) is 3.52. The highest BCUT2D eigenvalue weighted by Gasteiger charge is 2.67. The van der Waals surface area contributed by atoms with Gasteiger partial charge in [-0.05, 0) is 25.1 Å². The first-order valence-corrected chi connectivity index (χ1v) is 10.0. The molecular formula is C22H18N4O5. The van der Waals surface area contributed by atoms with Crippen LogP contribution in [0.5, 0.6) is 0 Å². The number of anilines is 1. The van der Waals surface area contributed by atoms with E-state index >= 15 is 0 Å². The molecule has 1 N–H and O–H groups in total. The van der Waals surface area contributed by atoms with E-state index in [1.807, 2.05) is 0 Å². The molecule has 3 aliphatic rings. The fourth-order valence-electron chi connectivity index (χ4n) is 5.12. The van der Waals surface area contributed by atoms with Crippen LogP contribution in [0.4, 0.5) is 5.69 Å². The van der Waals surface area contributed by atoms with Crippen molar-refractivity contribution in [2.75, 3.05) is 4.90 Å². The number of nitrogens with zero attached hydrogens (tertiary/aromatic N) is 4. The van der Waals surface area contributed by atoms with Gasteiger partial charge in [0.1, 0.15) is 12.1 Å². The quantitative estimate of drug-likeness (QED) is 0.598. The van der Waals surface area contributed by atoms with Gasteiger partial charge in [0, 0.05) is 12.0 Å². The van der Waals surface area contributed by atoms with Crippen LogP contribution in [-0.4, -0.2) is 43.9 Å². The van der Waals surface area contributed by atoms with Crippen LogP contribution in [0.25, 0.3) is 10.9 Å². The van der Waals surface area contributed by atoms with Crippen LogP contribution in [0.2, 0.25) is 0 Å². The van der Waals surface area contributed by atoms with Gasteiger partial charge >= 0.3 is 5.97 Å². The first-order chi connectivity index (χ1) is 14.9. The number of fused-ring (bicyclic) bond motifs is 6. The van der Waals surface area contributed by atoms with Gasteiger partial charge in [-0.1, -0.05) is 30.3 Å². The van der Waals surface area contributed by atoms with Gasteiger partial charge in [0.25, 0.3) is 5.56 Å². The lowest BCUT2D eigenvalue weighted by Crippen LogP contribution is -2.49. The number of ether oxygens (including phenoxy) is 1. The van der Waals surface area contributed by atoms with E-state index in [-0.39, 0.29) is 17.9 Å². The van der Waals surface area contributed by atoms with Crippen molar-refractivity contribution in [1.82, 2.24) is 14.6 Å². The number of carbonyl (C=O) groups excluding carboxylic acids is 2. The molecule has 0 radical (unpaired) electrons. The van der Waals surface area contributed by atoms with Crippen molar-refractivity contribution in [2.24, 2.45) is 0 Å². The van der Waals surface area contributed by atoms with Crippen LogP contribution < -0.4 is 10.5 Å². The minimum absolute atomic E-state index is 0.0843. The summed E-state index contributed by atoms with van der Waals surface area (Å²) in [7, 11) is 0. The predicted molar refractivity (Wildman–Crippen MR) is 108 cm³/mol. The summed E-state index contributed by atoms with van der Waals surface area (Å²) in [5, 5.41) is 12.1. The SMILES string of the molecule is C[C@H]1C(=O)N2c3ccccc3[C@@]3(C[C@@H](n4cnc5ccccc5c4=O)C(=O)O3)[C@@H]2N1O. The fourth-order valence-corrected chi connectivity index (χ4v) is 5.12. The number of esters is 1. The van der Waals surface area contributed by atoms with Gasteiger partial charge in [0.2, 0.25) is 5.91 Å². The molecule has 3 aliphatic heterocycles. The Morgan fingerprint density at radius 1 is 1.10 bits per heavy atom. The molecular weight excluding hydrogens is 400 g/mol. The summed E-state index contributed by atoms with van der Waals surface area (Å²) in [6.07, 6.45) is 0.541. The van der Waals surface area contributed by atoms with Gasteiger partial charge in [0.15, 0.2) is 11.8 Å². The van der Waals surface area contributed by atoms with Gasteiger partial charge < -0.3 is 9.94 Å². The lowest BCUT2D eigenvalue weighted by molar-refractivity contribution is -0.190. The number of hydrogen-bond donors (Lipinski definition) is 1. The number of hydrogen-bond acceptors (Lipinski definition) is 7. The van der Waals surface area contributed by atoms with E-state index in [2.05, 4.69) is 4.98 Å². The molecule has 0 saturated carbocycles. The molecule has 156 valence electrons. The highest BCUT2D eigenvalue weighted by molar-refractivity contribution is 6.02. The summed E-state index contributed by atoms with van der Waals surface area (Å²) in [4.78, 5) is 44.8. The third-order valence-corrected chi connectivity index (χ3v) is 6.60. The topological polar surface area (TPSA) is 105 Å². The smallest absolute Gasteiger partial charge is 0.330 e. The Morgan fingerprint density at radius 3 is 2.68 bits per heavy atom. The normalized spacial score (nSPS) is 29.6. The van der Waals surface area contributed by atoms with Gasteiger partial charge in [-0.15, -0.1) is 0 Å². The molecule has 0 aliphatic carbocycles. The second-order valence-electron chi connectivity index (χ2n) is 8.16. The first kappa shape index (κ1) is 18.2. The van der Waals surface area contributed by atoms with E-state index in [0.29, 0.717) is 22.2 Å². The van der Waals surface area contributed by atoms with Crippen molar-refractivity contribution in [1.29, 1.82) is 0 Å². The van der Waals surface area contributed by atoms with E-state index in [0.717, 1.165) is 5.06 Å². The molecule has 2 saturated heterocycles. The average Bonchev–Trinajstić information content (AvgIpc) is 3.35. The van der Waals surface area contributed by atoms with Gasteiger partial charge in [-0.25, -0.2) is 9.78 Å². The molecule has 4 atom stereocenters. The summed E-state index contributed by atoms with van der Waals surface area (Å²) >= 11 is 0. The average molecular weight is 418 g/mol. The molecule has 4 heterocycles. The molecule has 1 amide bonds. The number of rotatable bonds is 1. The molecule has 2 aromatic carbocycles. The van der Waals surface area contributed by atoms with E-state index in [1.54, 1.807) is 55.5 Å². The van der Waals surface area contributed by atoms with E-state index in [4.69, 9.17) is 4.74 Å². The van der Waals surface area contributed by atoms with Crippen molar-refractivity contribution in [3.05, 3.63) is 70.8 Å². The van der Waals surface area contributed by atoms with Gasteiger partial charge in [-0.2, -0.15) is 5.06 Å². The van der Waals surface area contributed by atoms with Crippen LogP contribution in [0.15, 0.2) is 59.7 Å². The maximum Gasteiger partial charge on any atom is 0.330 e. The maximum absolute atomic E-state index is 13.1. The largest absolute Gasteiger partial charge is 0.449 e. The molecule has 0 bridgehead atoms. The van der Waals surface area contributed by atoms with Crippen molar-refractivity contribution < 1.29 is 19.5 Å². The molecule has 1 spiro atoms. The molecule has 6 rings (SSSR count). The summed E-state index contributed by atoms with van der Waals surface area (Å²) in [6.45, 7) is 1.60. The van der Waals surface area contributed by atoms with Crippen molar-refractivity contribution in [3.63, 3.8) is 0 Å². The Hall–Kier alpha value is -3.56. The molecule has 31 heavy (non-hydrogen) atoms. The van der Waals surface area contributed by atoms with Crippen LogP contribution in [-0.2, 0) is 19.9 Å². The first-order valence-electron chi connectivity index (χ1n) is 10.0. The van der Waals surface area contributed by atoms with Gasteiger partial charge in [-0.3, -0.25) is 19.1 Å². The van der Waals surface area contributed by atoms with Crippen LogP contribution >= 0.6 is 0 Å². The number of amides is 1. The monoisotopic (exact) mass is 418 g/mol. The molecule has 3 aromatic rings. The number of carbonyl (C=O) groups is 2. The van der Waals surface area contributed by atoms with Crippen molar-refractivity contribution >= 4 is 28.5 Å².